The Morgan fingerprint density at radius 1 is 1.35 bits per heavy atom. The molecule has 2 N–H and O–H groups in total. The van der Waals surface area contributed by atoms with Crippen molar-refractivity contribution in [2.24, 2.45) is 0 Å². The van der Waals surface area contributed by atoms with E-state index in [2.05, 4.69) is 15.9 Å². The van der Waals surface area contributed by atoms with Crippen molar-refractivity contribution in [2.45, 2.75) is 6.42 Å². The molecule has 0 atom stereocenters. The summed E-state index contributed by atoms with van der Waals surface area (Å²) in [5.41, 5.74) is 6.76. The summed E-state index contributed by atoms with van der Waals surface area (Å²) < 4.78 is 7.36. The molecule has 1 aromatic heterocycles. The van der Waals surface area contributed by atoms with Crippen molar-refractivity contribution in [3.05, 3.63) is 27.5 Å². The molecule has 0 spiro atoms. The number of thiophene rings is 1. The van der Waals surface area contributed by atoms with Crippen molar-refractivity contribution in [1.29, 1.82) is 0 Å². The second-order valence-electron chi connectivity index (χ2n) is 4.72. The molecular formula is C14H15BrN2O2S. The van der Waals surface area contributed by atoms with Crippen LogP contribution in [0.4, 0.5) is 5.69 Å². The molecule has 1 aliphatic heterocycles. The molecule has 0 unspecified atom stereocenters. The van der Waals surface area contributed by atoms with Crippen LogP contribution in [0.5, 0.6) is 0 Å². The van der Waals surface area contributed by atoms with Crippen LogP contribution in [-0.2, 0) is 4.74 Å². The number of hydrogen-bond donors (Lipinski definition) is 1. The lowest BCUT2D eigenvalue weighted by Gasteiger charge is -2.18. The third-order valence-electron chi connectivity index (χ3n) is 3.41. The smallest absolute Gasteiger partial charge is 0.266 e. The van der Waals surface area contributed by atoms with E-state index in [0.29, 0.717) is 23.7 Å². The number of fused-ring (bicyclic) bond motifs is 1. The molecule has 4 nitrogen and oxygen atoms in total. The number of amides is 1. The third kappa shape index (κ3) is 2.43. The Balaban J connectivity index is 1.99. The van der Waals surface area contributed by atoms with Crippen molar-refractivity contribution in [3.63, 3.8) is 0 Å². The lowest BCUT2D eigenvalue weighted by atomic mass is 10.2. The number of carbonyl (C=O) groups excluding carboxylic acids is 1. The normalized spacial score (nSPS) is 16.4. The van der Waals surface area contributed by atoms with E-state index >= 15 is 0 Å². The zero-order chi connectivity index (χ0) is 14.1. The van der Waals surface area contributed by atoms with Gasteiger partial charge in [-0.2, -0.15) is 0 Å². The van der Waals surface area contributed by atoms with Crippen LogP contribution >= 0.6 is 27.3 Å². The zero-order valence-electron chi connectivity index (χ0n) is 10.9. The Labute approximate surface area is 129 Å². The van der Waals surface area contributed by atoms with Crippen LogP contribution < -0.4 is 5.73 Å². The van der Waals surface area contributed by atoms with Gasteiger partial charge in [-0.05, 0) is 18.6 Å². The minimum absolute atomic E-state index is 0.0149. The molecule has 1 aliphatic rings. The highest BCUT2D eigenvalue weighted by molar-refractivity contribution is 9.10. The molecule has 1 amide bonds. The Morgan fingerprint density at radius 3 is 3.00 bits per heavy atom. The molecule has 0 saturated carbocycles. The second-order valence-corrected chi connectivity index (χ2v) is 6.62. The van der Waals surface area contributed by atoms with Gasteiger partial charge in [-0.25, -0.2) is 0 Å². The van der Waals surface area contributed by atoms with Gasteiger partial charge >= 0.3 is 0 Å². The van der Waals surface area contributed by atoms with Crippen molar-refractivity contribution in [2.75, 3.05) is 32.0 Å². The van der Waals surface area contributed by atoms with Crippen LogP contribution in [0, 0.1) is 0 Å². The fourth-order valence-corrected chi connectivity index (χ4v) is 4.21. The van der Waals surface area contributed by atoms with Gasteiger partial charge in [0.2, 0.25) is 0 Å². The highest BCUT2D eigenvalue weighted by atomic mass is 79.9. The van der Waals surface area contributed by atoms with Gasteiger partial charge in [0.05, 0.1) is 12.3 Å². The number of benzene rings is 1. The molecule has 2 aromatic rings. The molecule has 2 heterocycles. The molecular weight excluding hydrogens is 340 g/mol. The van der Waals surface area contributed by atoms with E-state index in [1.54, 1.807) is 0 Å². The van der Waals surface area contributed by atoms with Crippen LogP contribution in [-0.4, -0.2) is 37.1 Å². The highest BCUT2D eigenvalue weighted by Gasteiger charge is 2.23. The number of rotatable bonds is 1. The monoisotopic (exact) mass is 354 g/mol. The minimum Gasteiger partial charge on any atom is -0.397 e. The maximum atomic E-state index is 12.6. The number of carbonyl (C=O) groups is 1. The minimum atomic E-state index is 0.0149. The standard InChI is InChI=1S/C14H15BrN2O2S/c15-9-3-1-4-10-11(9)12(16)13(20-10)14(18)17-5-2-7-19-8-6-17/h1,3-4H,2,5-8,16H2. The summed E-state index contributed by atoms with van der Waals surface area (Å²) in [5, 5.41) is 0.937. The van der Waals surface area contributed by atoms with Gasteiger partial charge < -0.3 is 15.4 Å². The topological polar surface area (TPSA) is 55.6 Å². The van der Waals surface area contributed by atoms with E-state index < -0.39 is 0 Å². The first-order valence-electron chi connectivity index (χ1n) is 6.52. The number of nitrogens with zero attached hydrogens (tertiary/aromatic N) is 1. The lowest BCUT2D eigenvalue weighted by Crippen LogP contribution is -2.33. The van der Waals surface area contributed by atoms with E-state index in [1.807, 2.05) is 23.1 Å². The predicted molar refractivity (Wildman–Crippen MR) is 85.3 cm³/mol. The summed E-state index contributed by atoms with van der Waals surface area (Å²) in [6.45, 7) is 2.68. The van der Waals surface area contributed by atoms with Gasteiger partial charge in [0.25, 0.3) is 5.91 Å². The van der Waals surface area contributed by atoms with Crippen LogP contribution in [0.15, 0.2) is 22.7 Å². The summed E-state index contributed by atoms with van der Waals surface area (Å²) in [6, 6.07) is 5.89. The first-order chi connectivity index (χ1) is 9.68. The maximum absolute atomic E-state index is 12.6. The first kappa shape index (κ1) is 13.9. The molecule has 0 aliphatic carbocycles. The molecule has 106 valence electrons. The summed E-state index contributed by atoms with van der Waals surface area (Å²) in [4.78, 5) is 15.1. The predicted octanol–water partition coefficient (Wildman–Crippen LogP) is 3.11. The Bertz CT molecular complexity index is 648. The Kier molecular flexibility index (Phi) is 3.96. The average molecular weight is 355 g/mol. The van der Waals surface area contributed by atoms with Gasteiger partial charge in [-0.15, -0.1) is 11.3 Å². The van der Waals surface area contributed by atoms with E-state index in [0.717, 1.165) is 34.1 Å². The van der Waals surface area contributed by atoms with Crippen LogP contribution in [0.1, 0.15) is 16.1 Å². The lowest BCUT2D eigenvalue weighted by molar-refractivity contribution is 0.0747. The highest BCUT2D eigenvalue weighted by Crippen LogP contribution is 2.38. The van der Waals surface area contributed by atoms with Gasteiger partial charge in [0.15, 0.2) is 0 Å². The van der Waals surface area contributed by atoms with E-state index in [9.17, 15) is 4.79 Å². The number of nitrogens with two attached hydrogens (primary N) is 1. The summed E-state index contributed by atoms with van der Waals surface area (Å²) in [6.07, 6.45) is 0.875. The number of halogens is 1. The molecule has 1 saturated heterocycles. The Hall–Kier alpha value is -1.11. The zero-order valence-corrected chi connectivity index (χ0v) is 13.3. The van der Waals surface area contributed by atoms with Crippen LogP contribution in [0.25, 0.3) is 10.1 Å². The van der Waals surface area contributed by atoms with Crippen molar-refractivity contribution >= 4 is 48.9 Å². The van der Waals surface area contributed by atoms with Gasteiger partial charge in [0.1, 0.15) is 4.88 Å². The maximum Gasteiger partial charge on any atom is 0.266 e. The number of hydrogen-bond acceptors (Lipinski definition) is 4. The number of nitrogen functional groups attached to an aromatic ring is 1. The van der Waals surface area contributed by atoms with E-state index in [-0.39, 0.29) is 5.91 Å². The molecule has 0 bridgehead atoms. The van der Waals surface area contributed by atoms with E-state index in [4.69, 9.17) is 10.5 Å². The van der Waals surface area contributed by atoms with Gasteiger partial charge in [0, 0.05) is 34.3 Å². The largest absolute Gasteiger partial charge is 0.397 e. The quantitative estimate of drug-likeness (QED) is 0.855. The molecule has 1 fully saturated rings. The molecule has 6 heteroatoms. The second kappa shape index (κ2) is 5.71. The van der Waals surface area contributed by atoms with Crippen molar-refractivity contribution < 1.29 is 9.53 Å². The molecule has 0 radical (unpaired) electrons. The summed E-state index contributed by atoms with van der Waals surface area (Å²) >= 11 is 4.96. The molecule has 1 aromatic carbocycles. The van der Waals surface area contributed by atoms with Crippen LogP contribution in [0.3, 0.4) is 0 Å². The van der Waals surface area contributed by atoms with E-state index in [1.165, 1.54) is 11.3 Å². The fraction of sp³-hybridized carbons (Fsp3) is 0.357. The van der Waals surface area contributed by atoms with Crippen molar-refractivity contribution in [3.8, 4) is 0 Å². The summed E-state index contributed by atoms with van der Waals surface area (Å²) in [7, 11) is 0. The first-order valence-corrected chi connectivity index (χ1v) is 8.13. The number of ether oxygens (including phenoxy) is 1. The number of anilines is 1. The Morgan fingerprint density at radius 2 is 2.20 bits per heavy atom. The van der Waals surface area contributed by atoms with Gasteiger partial charge in [-0.3, -0.25) is 4.79 Å². The average Bonchev–Trinajstić information content (AvgIpc) is 2.65. The fourth-order valence-electron chi connectivity index (χ4n) is 2.38. The third-order valence-corrected chi connectivity index (χ3v) is 5.22. The van der Waals surface area contributed by atoms with Crippen molar-refractivity contribution in [1.82, 2.24) is 4.90 Å². The van der Waals surface area contributed by atoms with Gasteiger partial charge in [-0.1, -0.05) is 22.0 Å². The molecule has 20 heavy (non-hydrogen) atoms. The van der Waals surface area contributed by atoms with Crippen LogP contribution in [0.2, 0.25) is 0 Å². The summed E-state index contributed by atoms with van der Waals surface area (Å²) in [5.74, 6) is 0.0149. The molecule has 3 rings (SSSR count). The SMILES string of the molecule is Nc1c(C(=O)N2CCCOCC2)sc2cccc(Br)c12.